The van der Waals surface area contributed by atoms with E-state index in [-0.39, 0.29) is 0 Å². The Morgan fingerprint density at radius 1 is 1.27 bits per heavy atom. The van der Waals surface area contributed by atoms with Crippen LogP contribution in [0.15, 0.2) is 24.3 Å². The maximum absolute atomic E-state index is 8.88. The van der Waals surface area contributed by atoms with Crippen LogP contribution in [0, 0.1) is 11.3 Å². The predicted octanol–water partition coefficient (Wildman–Crippen LogP) is 2.84. The first-order valence-electron chi connectivity index (χ1n) is 5.57. The first-order chi connectivity index (χ1) is 7.38. The van der Waals surface area contributed by atoms with Gasteiger partial charge in [-0.25, -0.2) is 0 Å². The van der Waals surface area contributed by atoms with E-state index in [0.29, 0.717) is 0 Å². The molecule has 2 nitrogen and oxygen atoms in total. The second-order valence-electron chi connectivity index (χ2n) is 3.65. The van der Waals surface area contributed by atoms with Gasteiger partial charge in [0.15, 0.2) is 0 Å². The SMILES string of the molecule is CCCCCNCc1ccccc1C#N. The van der Waals surface area contributed by atoms with E-state index < -0.39 is 0 Å². The monoisotopic (exact) mass is 202 g/mol. The highest BCUT2D eigenvalue weighted by Gasteiger charge is 1.98. The Morgan fingerprint density at radius 2 is 2.07 bits per heavy atom. The Hall–Kier alpha value is -1.33. The molecule has 0 saturated heterocycles. The van der Waals surface area contributed by atoms with Gasteiger partial charge < -0.3 is 5.32 Å². The number of hydrogen-bond donors (Lipinski definition) is 1. The minimum atomic E-state index is 0.778. The van der Waals surface area contributed by atoms with Gasteiger partial charge in [-0.2, -0.15) is 5.26 Å². The van der Waals surface area contributed by atoms with Gasteiger partial charge in [-0.15, -0.1) is 0 Å². The van der Waals surface area contributed by atoms with E-state index in [2.05, 4.69) is 18.3 Å². The van der Waals surface area contributed by atoms with E-state index in [4.69, 9.17) is 5.26 Å². The lowest BCUT2D eigenvalue weighted by Crippen LogP contribution is -2.15. The molecule has 0 atom stereocenters. The summed E-state index contributed by atoms with van der Waals surface area (Å²) in [6, 6.07) is 9.96. The third kappa shape index (κ3) is 4.14. The van der Waals surface area contributed by atoms with Crippen LogP contribution in [0.4, 0.5) is 0 Å². The molecule has 1 rings (SSSR count). The molecule has 1 aromatic carbocycles. The first-order valence-corrected chi connectivity index (χ1v) is 5.57. The van der Waals surface area contributed by atoms with Gasteiger partial charge in [0, 0.05) is 6.54 Å². The minimum Gasteiger partial charge on any atom is -0.313 e. The van der Waals surface area contributed by atoms with Crippen LogP contribution >= 0.6 is 0 Å². The van der Waals surface area contributed by atoms with Crippen molar-refractivity contribution in [2.45, 2.75) is 32.7 Å². The van der Waals surface area contributed by atoms with Crippen molar-refractivity contribution in [1.29, 1.82) is 5.26 Å². The highest BCUT2D eigenvalue weighted by molar-refractivity contribution is 5.37. The number of unbranched alkanes of at least 4 members (excludes halogenated alkanes) is 2. The Labute approximate surface area is 91.9 Å². The molecule has 0 bridgehead atoms. The molecule has 0 fully saturated rings. The summed E-state index contributed by atoms with van der Waals surface area (Å²) in [5, 5.41) is 12.2. The van der Waals surface area contributed by atoms with Crippen molar-refractivity contribution in [2.24, 2.45) is 0 Å². The number of hydrogen-bond acceptors (Lipinski definition) is 2. The van der Waals surface area contributed by atoms with Gasteiger partial charge in [0.2, 0.25) is 0 Å². The van der Waals surface area contributed by atoms with E-state index in [0.717, 1.165) is 24.2 Å². The van der Waals surface area contributed by atoms with Gasteiger partial charge in [0.25, 0.3) is 0 Å². The molecule has 0 radical (unpaired) electrons. The molecule has 1 aromatic rings. The van der Waals surface area contributed by atoms with Crippen molar-refractivity contribution in [3.05, 3.63) is 35.4 Å². The smallest absolute Gasteiger partial charge is 0.0995 e. The zero-order valence-electron chi connectivity index (χ0n) is 9.29. The highest BCUT2D eigenvalue weighted by atomic mass is 14.8. The lowest BCUT2D eigenvalue weighted by molar-refractivity contribution is 0.616. The van der Waals surface area contributed by atoms with Gasteiger partial charge >= 0.3 is 0 Å². The molecule has 0 aliphatic carbocycles. The maximum Gasteiger partial charge on any atom is 0.0995 e. The van der Waals surface area contributed by atoms with Gasteiger partial charge in [-0.05, 0) is 24.6 Å². The number of nitriles is 1. The Morgan fingerprint density at radius 3 is 2.80 bits per heavy atom. The fraction of sp³-hybridized carbons (Fsp3) is 0.462. The Balaban J connectivity index is 2.34. The van der Waals surface area contributed by atoms with Crippen molar-refractivity contribution in [3.63, 3.8) is 0 Å². The molecule has 0 heterocycles. The van der Waals surface area contributed by atoms with Crippen LogP contribution in [0.1, 0.15) is 37.3 Å². The van der Waals surface area contributed by atoms with Crippen molar-refractivity contribution in [2.75, 3.05) is 6.54 Å². The van der Waals surface area contributed by atoms with E-state index in [1.165, 1.54) is 19.3 Å². The van der Waals surface area contributed by atoms with Gasteiger partial charge in [-0.3, -0.25) is 0 Å². The van der Waals surface area contributed by atoms with Gasteiger partial charge in [0.1, 0.15) is 0 Å². The van der Waals surface area contributed by atoms with Gasteiger partial charge in [0.05, 0.1) is 11.6 Å². The maximum atomic E-state index is 8.88. The molecule has 15 heavy (non-hydrogen) atoms. The van der Waals surface area contributed by atoms with Crippen LogP contribution in [-0.2, 0) is 6.54 Å². The molecule has 1 N–H and O–H groups in total. The summed E-state index contributed by atoms with van der Waals surface area (Å²) < 4.78 is 0. The van der Waals surface area contributed by atoms with E-state index >= 15 is 0 Å². The lowest BCUT2D eigenvalue weighted by atomic mass is 10.1. The molecule has 0 aliphatic heterocycles. The molecule has 0 aliphatic rings. The highest BCUT2D eigenvalue weighted by Crippen LogP contribution is 2.06. The summed E-state index contributed by atoms with van der Waals surface area (Å²) in [6.07, 6.45) is 3.73. The van der Waals surface area contributed by atoms with Crippen molar-refractivity contribution >= 4 is 0 Å². The van der Waals surface area contributed by atoms with Gasteiger partial charge in [-0.1, -0.05) is 38.0 Å². The molecule has 2 heteroatoms. The number of benzene rings is 1. The standard InChI is InChI=1S/C13H18N2/c1-2-3-6-9-15-11-13-8-5-4-7-12(13)10-14/h4-5,7-8,15H,2-3,6,9,11H2,1H3. The molecule has 0 saturated carbocycles. The molecule has 0 amide bonds. The molecule has 80 valence electrons. The fourth-order valence-electron chi connectivity index (χ4n) is 1.51. The zero-order valence-corrected chi connectivity index (χ0v) is 9.29. The van der Waals surface area contributed by atoms with Crippen LogP contribution in [0.5, 0.6) is 0 Å². The summed E-state index contributed by atoms with van der Waals surface area (Å²) in [4.78, 5) is 0. The average Bonchev–Trinajstić information content (AvgIpc) is 2.29. The summed E-state index contributed by atoms with van der Waals surface area (Å²) in [6.45, 7) is 4.03. The minimum absolute atomic E-state index is 0.778. The number of rotatable bonds is 6. The molecule has 0 spiro atoms. The van der Waals surface area contributed by atoms with Crippen LogP contribution in [0.25, 0.3) is 0 Å². The predicted molar refractivity (Wildman–Crippen MR) is 62.4 cm³/mol. The molecule has 0 aromatic heterocycles. The summed E-state index contributed by atoms with van der Waals surface area (Å²) in [7, 11) is 0. The van der Waals surface area contributed by atoms with Crippen LogP contribution in [-0.4, -0.2) is 6.54 Å². The molecular formula is C13H18N2. The van der Waals surface area contributed by atoms with E-state index in [1.807, 2.05) is 24.3 Å². The van der Waals surface area contributed by atoms with Crippen molar-refractivity contribution in [1.82, 2.24) is 5.32 Å². The second kappa shape index (κ2) is 7.03. The fourth-order valence-corrected chi connectivity index (χ4v) is 1.51. The quantitative estimate of drug-likeness (QED) is 0.720. The Kier molecular flexibility index (Phi) is 5.50. The van der Waals surface area contributed by atoms with E-state index in [9.17, 15) is 0 Å². The average molecular weight is 202 g/mol. The number of nitrogens with one attached hydrogen (secondary N) is 1. The second-order valence-corrected chi connectivity index (χ2v) is 3.65. The largest absolute Gasteiger partial charge is 0.313 e. The summed E-state index contributed by atoms with van der Waals surface area (Å²) in [5.41, 5.74) is 1.87. The van der Waals surface area contributed by atoms with Crippen LogP contribution in [0.2, 0.25) is 0 Å². The third-order valence-electron chi connectivity index (χ3n) is 2.41. The molecule has 0 unspecified atom stereocenters. The van der Waals surface area contributed by atoms with Crippen LogP contribution in [0.3, 0.4) is 0 Å². The molecular weight excluding hydrogens is 184 g/mol. The van der Waals surface area contributed by atoms with Crippen molar-refractivity contribution < 1.29 is 0 Å². The van der Waals surface area contributed by atoms with Crippen molar-refractivity contribution in [3.8, 4) is 6.07 Å². The van der Waals surface area contributed by atoms with Crippen LogP contribution < -0.4 is 5.32 Å². The van der Waals surface area contributed by atoms with E-state index in [1.54, 1.807) is 0 Å². The topological polar surface area (TPSA) is 35.8 Å². The summed E-state index contributed by atoms with van der Waals surface area (Å²) >= 11 is 0. The summed E-state index contributed by atoms with van der Waals surface area (Å²) in [5.74, 6) is 0. The number of nitrogens with zero attached hydrogens (tertiary/aromatic N) is 1. The first kappa shape index (κ1) is 11.7. The third-order valence-corrected chi connectivity index (χ3v) is 2.41. The zero-order chi connectivity index (χ0) is 10.9. The normalized spacial score (nSPS) is 9.87. The Bertz CT molecular complexity index is 326. The lowest BCUT2D eigenvalue weighted by Gasteiger charge is -2.05.